The van der Waals surface area contributed by atoms with Crippen LogP contribution in [0.3, 0.4) is 0 Å². The summed E-state index contributed by atoms with van der Waals surface area (Å²) < 4.78 is 7.90. The standard InChI is InChI=1S/C27H27N3O2S/c1-27(12-13-27)26(31)29-18-22-15-20-17-25(32-2)19(10-11-21-7-6-14-28-21)16-24(20)30(22)33-23-8-4-3-5-9-23/h3-11,15-17H,12-14,18H2,1-2H3,(H,29,31)/b11-10+. The number of amides is 1. The largest absolute Gasteiger partial charge is 0.496 e. The number of ether oxygens (including phenoxy) is 1. The quantitative estimate of drug-likeness (QED) is 0.476. The average Bonchev–Trinajstić information content (AvgIpc) is 3.24. The molecule has 0 saturated heterocycles. The van der Waals surface area contributed by atoms with Gasteiger partial charge in [-0.2, -0.15) is 0 Å². The number of benzene rings is 2. The van der Waals surface area contributed by atoms with Gasteiger partial charge >= 0.3 is 0 Å². The van der Waals surface area contributed by atoms with Gasteiger partial charge in [-0.1, -0.05) is 31.2 Å². The third-order valence-electron chi connectivity index (χ3n) is 6.20. The van der Waals surface area contributed by atoms with E-state index in [1.807, 2.05) is 49.4 Å². The first kappa shape index (κ1) is 21.6. The molecule has 1 aromatic heterocycles. The Bertz CT molecular complexity index is 1280. The van der Waals surface area contributed by atoms with Crippen molar-refractivity contribution >= 4 is 40.5 Å². The van der Waals surface area contributed by atoms with Gasteiger partial charge in [0, 0.05) is 21.3 Å². The minimum absolute atomic E-state index is 0.135. The number of methoxy groups -OCH3 is 1. The van der Waals surface area contributed by atoms with Crippen LogP contribution in [-0.2, 0) is 11.3 Å². The second-order valence-electron chi connectivity index (χ2n) is 8.73. The monoisotopic (exact) mass is 457 g/mol. The maximum Gasteiger partial charge on any atom is 0.226 e. The number of nitrogens with one attached hydrogen (secondary N) is 1. The van der Waals surface area contributed by atoms with Crippen molar-refractivity contribution in [1.82, 2.24) is 9.29 Å². The van der Waals surface area contributed by atoms with Crippen molar-refractivity contribution in [2.24, 2.45) is 10.4 Å². The zero-order chi connectivity index (χ0) is 22.8. The van der Waals surface area contributed by atoms with E-state index in [9.17, 15) is 4.79 Å². The second kappa shape index (κ2) is 8.94. The average molecular weight is 458 g/mol. The smallest absolute Gasteiger partial charge is 0.226 e. The Morgan fingerprint density at radius 3 is 2.73 bits per heavy atom. The fourth-order valence-electron chi connectivity index (χ4n) is 3.88. The van der Waals surface area contributed by atoms with Gasteiger partial charge in [0.25, 0.3) is 0 Å². The summed E-state index contributed by atoms with van der Waals surface area (Å²) in [6.07, 6.45) is 10.1. The summed E-state index contributed by atoms with van der Waals surface area (Å²) in [4.78, 5) is 18.2. The molecule has 1 N–H and O–H groups in total. The second-order valence-corrected chi connectivity index (χ2v) is 9.75. The molecule has 0 atom stereocenters. The van der Waals surface area contributed by atoms with Crippen molar-refractivity contribution in [3.63, 3.8) is 0 Å². The maximum absolute atomic E-state index is 12.6. The Balaban J connectivity index is 1.53. The molecule has 2 aliphatic rings. The van der Waals surface area contributed by atoms with Gasteiger partial charge < -0.3 is 10.1 Å². The van der Waals surface area contributed by atoms with E-state index in [0.29, 0.717) is 6.54 Å². The minimum Gasteiger partial charge on any atom is -0.496 e. The van der Waals surface area contributed by atoms with Gasteiger partial charge in [-0.05, 0) is 73.3 Å². The van der Waals surface area contributed by atoms with E-state index in [2.05, 4.69) is 44.6 Å². The van der Waals surface area contributed by atoms with Crippen molar-refractivity contribution in [2.45, 2.75) is 31.2 Å². The molecule has 1 amide bonds. The molecule has 1 fully saturated rings. The molecule has 5 rings (SSSR count). The number of aromatic nitrogens is 1. The predicted octanol–water partition coefficient (Wildman–Crippen LogP) is 5.65. The topological polar surface area (TPSA) is 55.6 Å². The number of nitrogens with zero attached hydrogens (tertiary/aromatic N) is 2. The number of allylic oxidation sites excluding steroid dienone is 2. The molecule has 168 valence electrons. The van der Waals surface area contributed by atoms with Gasteiger partial charge in [-0.3, -0.25) is 13.8 Å². The zero-order valence-corrected chi connectivity index (χ0v) is 19.7. The van der Waals surface area contributed by atoms with Gasteiger partial charge in [0.15, 0.2) is 0 Å². The Labute approximate surface area is 198 Å². The molecule has 0 radical (unpaired) electrons. The van der Waals surface area contributed by atoms with Crippen molar-refractivity contribution < 1.29 is 9.53 Å². The molecule has 0 unspecified atom stereocenters. The Hall–Kier alpha value is -3.25. The number of hydrogen-bond acceptors (Lipinski definition) is 4. The molecule has 1 saturated carbocycles. The summed E-state index contributed by atoms with van der Waals surface area (Å²) in [5, 5.41) is 4.23. The highest BCUT2D eigenvalue weighted by Crippen LogP contribution is 2.45. The van der Waals surface area contributed by atoms with E-state index in [1.54, 1.807) is 19.1 Å². The fraction of sp³-hybridized carbons (Fsp3) is 0.259. The summed E-state index contributed by atoms with van der Waals surface area (Å²) in [6.45, 7) is 3.25. The van der Waals surface area contributed by atoms with Crippen LogP contribution in [0.15, 0.2) is 76.6 Å². The van der Waals surface area contributed by atoms with Gasteiger partial charge in [-0.15, -0.1) is 0 Å². The normalized spacial score (nSPS) is 16.4. The number of aliphatic imine (C=N–C) groups is 1. The van der Waals surface area contributed by atoms with Crippen LogP contribution in [0.4, 0.5) is 0 Å². The molecule has 1 aliphatic heterocycles. The number of carbonyl (C=O) groups is 1. The molecule has 6 heteroatoms. The molecule has 0 bridgehead atoms. The summed E-state index contributed by atoms with van der Waals surface area (Å²) in [5.74, 6) is 0.944. The molecular weight excluding hydrogens is 430 g/mol. The fourth-order valence-corrected chi connectivity index (χ4v) is 4.86. The van der Waals surface area contributed by atoms with Crippen molar-refractivity contribution in [3.05, 3.63) is 78.0 Å². The SMILES string of the molecule is COc1cc2cc(CNC(=O)C3(C)CC3)n(Sc3ccccc3)c2cc1/C=C/C1=NCC=C1. The highest BCUT2D eigenvalue weighted by molar-refractivity contribution is 7.98. The molecule has 5 nitrogen and oxygen atoms in total. The number of hydrogen-bond donors (Lipinski definition) is 1. The molecule has 0 spiro atoms. The van der Waals surface area contributed by atoms with Crippen molar-refractivity contribution in [3.8, 4) is 5.75 Å². The minimum atomic E-state index is -0.192. The first-order valence-corrected chi connectivity index (χ1v) is 12.0. The lowest BCUT2D eigenvalue weighted by molar-refractivity contribution is -0.125. The lowest BCUT2D eigenvalue weighted by Gasteiger charge is -2.13. The molecule has 2 heterocycles. The van der Waals surface area contributed by atoms with E-state index in [0.717, 1.165) is 57.9 Å². The van der Waals surface area contributed by atoms with Crippen LogP contribution < -0.4 is 10.1 Å². The number of carbonyl (C=O) groups excluding carboxylic acids is 1. The highest BCUT2D eigenvalue weighted by Gasteiger charge is 2.44. The molecule has 33 heavy (non-hydrogen) atoms. The first-order valence-electron chi connectivity index (χ1n) is 11.2. The Morgan fingerprint density at radius 2 is 2.03 bits per heavy atom. The van der Waals surface area contributed by atoms with Gasteiger partial charge in [0.1, 0.15) is 5.75 Å². The van der Waals surface area contributed by atoms with Gasteiger partial charge in [0.2, 0.25) is 5.91 Å². The summed E-state index contributed by atoms with van der Waals surface area (Å²) in [5.41, 5.74) is 3.88. The Morgan fingerprint density at radius 1 is 1.21 bits per heavy atom. The summed E-state index contributed by atoms with van der Waals surface area (Å²) in [6, 6.07) is 16.6. The van der Waals surface area contributed by atoms with Crippen LogP contribution in [0.25, 0.3) is 17.0 Å². The van der Waals surface area contributed by atoms with E-state index < -0.39 is 0 Å². The zero-order valence-electron chi connectivity index (χ0n) is 18.9. The summed E-state index contributed by atoms with van der Waals surface area (Å²) in [7, 11) is 1.69. The van der Waals surface area contributed by atoms with Crippen LogP contribution >= 0.6 is 11.9 Å². The third kappa shape index (κ3) is 4.62. The van der Waals surface area contributed by atoms with Gasteiger partial charge in [-0.25, -0.2) is 0 Å². The number of fused-ring (bicyclic) bond motifs is 1. The predicted molar refractivity (Wildman–Crippen MR) is 136 cm³/mol. The molecule has 1 aliphatic carbocycles. The van der Waals surface area contributed by atoms with E-state index in [1.165, 1.54) is 0 Å². The third-order valence-corrected chi connectivity index (χ3v) is 7.30. The lowest BCUT2D eigenvalue weighted by Crippen LogP contribution is -2.30. The molecule has 3 aromatic rings. The maximum atomic E-state index is 12.6. The lowest BCUT2D eigenvalue weighted by atomic mass is 10.1. The van der Waals surface area contributed by atoms with Crippen LogP contribution in [-0.4, -0.2) is 29.2 Å². The summed E-state index contributed by atoms with van der Waals surface area (Å²) >= 11 is 1.66. The van der Waals surface area contributed by atoms with E-state index in [4.69, 9.17) is 4.74 Å². The van der Waals surface area contributed by atoms with Crippen LogP contribution in [0.1, 0.15) is 31.0 Å². The van der Waals surface area contributed by atoms with Crippen LogP contribution in [0, 0.1) is 5.41 Å². The first-order chi connectivity index (χ1) is 16.1. The van der Waals surface area contributed by atoms with E-state index in [-0.39, 0.29) is 11.3 Å². The van der Waals surface area contributed by atoms with Gasteiger partial charge in [0.05, 0.1) is 37.1 Å². The van der Waals surface area contributed by atoms with Crippen LogP contribution in [0.2, 0.25) is 0 Å². The van der Waals surface area contributed by atoms with Crippen molar-refractivity contribution in [2.75, 3.05) is 13.7 Å². The van der Waals surface area contributed by atoms with E-state index >= 15 is 0 Å². The van der Waals surface area contributed by atoms with Crippen molar-refractivity contribution in [1.29, 1.82) is 0 Å². The Kier molecular flexibility index (Phi) is 5.85. The van der Waals surface area contributed by atoms with Crippen LogP contribution in [0.5, 0.6) is 5.75 Å². The highest BCUT2D eigenvalue weighted by atomic mass is 32.2. The molecule has 2 aromatic carbocycles. The number of rotatable bonds is 8. The molecular formula is C27H27N3O2S.